The third kappa shape index (κ3) is 4.32. The molecule has 4 amide bonds. The predicted molar refractivity (Wildman–Crippen MR) is 129 cm³/mol. The van der Waals surface area contributed by atoms with Gasteiger partial charge in [-0.1, -0.05) is 0 Å². The van der Waals surface area contributed by atoms with Crippen molar-refractivity contribution in [3.63, 3.8) is 0 Å². The molecule has 2 heterocycles. The summed E-state index contributed by atoms with van der Waals surface area (Å²) in [6.45, 7) is 14.6. The Balaban J connectivity index is 2.00. The van der Waals surface area contributed by atoms with Crippen molar-refractivity contribution in [3.8, 4) is 0 Å². The Morgan fingerprint density at radius 3 is 0.853 bits per heavy atom. The second kappa shape index (κ2) is 9.36. The molecule has 3 rings (SSSR count). The molecule has 0 unspecified atom stereocenters. The second-order valence-electron chi connectivity index (χ2n) is 9.42. The Bertz CT molecular complexity index is 930. The van der Waals surface area contributed by atoms with Gasteiger partial charge in [0.1, 0.15) is 0 Å². The Kier molecular flexibility index (Phi) is 6.90. The van der Waals surface area contributed by atoms with E-state index in [1.807, 2.05) is 55.4 Å². The summed E-state index contributed by atoms with van der Waals surface area (Å²) in [6.07, 6.45) is 0. The van der Waals surface area contributed by atoms with E-state index in [4.69, 9.17) is 0 Å². The number of rotatable bonds is 6. The van der Waals surface area contributed by atoms with Crippen LogP contribution in [0.15, 0.2) is 34.3 Å². The summed E-state index contributed by atoms with van der Waals surface area (Å²) in [4.78, 5) is 64.8. The SMILES string of the molecule is CC(C)N1C(=O)C(=O)N(C(C)C)C1=Nc1ccc(N=C2N(C(C)C)C(=O)C(=O)N2C(C)C)cc1. The lowest BCUT2D eigenvalue weighted by Gasteiger charge is -2.25. The Morgan fingerprint density at radius 1 is 0.471 bits per heavy atom. The maximum absolute atomic E-state index is 12.5. The summed E-state index contributed by atoms with van der Waals surface area (Å²) in [5.41, 5.74) is 1.08. The van der Waals surface area contributed by atoms with Crippen LogP contribution in [0.25, 0.3) is 0 Å². The number of nitrogens with zero attached hydrogens (tertiary/aromatic N) is 6. The van der Waals surface area contributed by atoms with Crippen LogP contribution in [-0.4, -0.2) is 79.3 Å². The van der Waals surface area contributed by atoms with Crippen LogP contribution in [0, 0.1) is 0 Å². The fourth-order valence-electron chi connectivity index (χ4n) is 3.92. The van der Waals surface area contributed by atoms with Crippen LogP contribution in [0.5, 0.6) is 0 Å². The molecule has 2 fully saturated rings. The molecule has 10 nitrogen and oxygen atoms in total. The minimum Gasteiger partial charge on any atom is -0.271 e. The number of hydrogen-bond donors (Lipinski definition) is 0. The minimum absolute atomic E-state index is 0.230. The molecule has 34 heavy (non-hydrogen) atoms. The zero-order valence-corrected chi connectivity index (χ0v) is 20.9. The van der Waals surface area contributed by atoms with Crippen molar-refractivity contribution in [3.05, 3.63) is 24.3 Å². The molecule has 0 atom stereocenters. The molecule has 0 aliphatic carbocycles. The first kappa shape index (κ1) is 25.1. The van der Waals surface area contributed by atoms with E-state index in [1.54, 1.807) is 24.3 Å². The highest BCUT2D eigenvalue weighted by molar-refractivity contribution is 6.46. The van der Waals surface area contributed by atoms with Gasteiger partial charge in [-0.25, -0.2) is 9.98 Å². The van der Waals surface area contributed by atoms with E-state index in [-0.39, 0.29) is 24.2 Å². The first-order valence-electron chi connectivity index (χ1n) is 11.5. The summed E-state index contributed by atoms with van der Waals surface area (Å²) >= 11 is 0. The Hall–Kier alpha value is -3.56. The van der Waals surface area contributed by atoms with Gasteiger partial charge in [0.15, 0.2) is 0 Å². The number of amides is 4. The van der Waals surface area contributed by atoms with Crippen molar-refractivity contribution in [2.24, 2.45) is 9.98 Å². The fourth-order valence-corrected chi connectivity index (χ4v) is 3.92. The van der Waals surface area contributed by atoms with Crippen molar-refractivity contribution >= 4 is 46.9 Å². The van der Waals surface area contributed by atoms with Crippen LogP contribution in [0.2, 0.25) is 0 Å². The van der Waals surface area contributed by atoms with Gasteiger partial charge < -0.3 is 0 Å². The van der Waals surface area contributed by atoms with E-state index in [0.717, 1.165) is 0 Å². The topological polar surface area (TPSA) is 106 Å². The molecular formula is C24H32N6O4. The average molecular weight is 469 g/mol. The number of guanidine groups is 2. The van der Waals surface area contributed by atoms with Gasteiger partial charge in [-0.05, 0) is 79.7 Å². The molecule has 0 radical (unpaired) electrons. The van der Waals surface area contributed by atoms with Crippen LogP contribution in [0.4, 0.5) is 11.4 Å². The monoisotopic (exact) mass is 468 g/mol. The molecule has 0 N–H and O–H groups in total. The van der Waals surface area contributed by atoms with E-state index in [1.165, 1.54) is 19.6 Å². The maximum atomic E-state index is 12.5. The van der Waals surface area contributed by atoms with Crippen LogP contribution in [0.3, 0.4) is 0 Å². The second-order valence-corrected chi connectivity index (χ2v) is 9.42. The van der Waals surface area contributed by atoms with Gasteiger partial charge in [-0.2, -0.15) is 0 Å². The van der Waals surface area contributed by atoms with E-state index >= 15 is 0 Å². The standard InChI is InChI=1S/C24H32N6O4/c1-13(2)27-19(31)20(32)28(14(3)4)23(27)25-17-9-11-18(12-10-17)26-24-29(15(5)6)21(33)22(34)30(24)16(7)8/h9-16H,1-8H3. The number of carbonyl (C=O) groups excluding carboxylic acids is 4. The number of benzene rings is 1. The van der Waals surface area contributed by atoms with E-state index in [0.29, 0.717) is 23.3 Å². The molecule has 2 aliphatic rings. The first-order valence-corrected chi connectivity index (χ1v) is 11.5. The third-order valence-corrected chi connectivity index (χ3v) is 5.48. The summed E-state index contributed by atoms with van der Waals surface area (Å²) in [5.74, 6) is -1.79. The first-order chi connectivity index (χ1) is 15.9. The highest BCUT2D eigenvalue weighted by Gasteiger charge is 2.46. The number of hydrogen-bond acceptors (Lipinski definition) is 6. The lowest BCUT2D eigenvalue weighted by Crippen LogP contribution is -2.41. The minimum atomic E-state index is -0.594. The lowest BCUT2D eigenvalue weighted by molar-refractivity contribution is -0.144. The predicted octanol–water partition coefficient (Wildman–Crippen LogP) is 2.64. The zero-order chi connectivity index (χ0) is 25.5. The van der Waals surface area contributed by atoms with E-state index < -0.39 is 23.6 Å². The molecule has 182 valence electrons. The van der Waals surface area contributed by atoms with Gasteiger partial charge in [0, 0.05) is 24.2 Å². The van der Waals surface area contributed by atoms with Crippen LogP contribution < -0.4 is 0 Å². The van der Waals surface area contributed by atoms with Gasteiger partial charge in [-0.3, -0.25) is 38.8 Å². The van der Waals surface area contributed by atoms with E-state index in [9.17, 15) is 19.2 Å². The van der Waals surface area contributed by atoms with Crippen LogP contribution in [0.1, 0.15) is 55.4 Å². The van der Waals surface area contributed by atoms with Gasteiger partial charge >= 0.3 is 23.6 Å². The largest absolute Gasteiger partial charge is 0.319 e. The Labute approximate surface area is 199 Å². The smallest absolute Gasteiger partial charge is 0.271 e. The van der Waals surface area contributed by atoms with Gasteiger partial charge in [0.05, 0.1) is 11.4 Å². The van der Waals surface area contributed by atoms with Gasteiger partial charge in [0.2, 0.25) is 11.9 Å². The van der Waals surface area contributed by atoms with Crippen molar-refractivity contribution in [1.82, 2.24) is 19.6 Å². The van der Waals surface area contributed by atoms with Crippen molar-refractivity contribution in [2.45, 2.75) is 79.6 Å². The number of aliphatic imine (C=N–C) groups is 2. The molecule has 0 aromatic heterocycles. The van der Waals surface area contributed by atoms with Crippen molar-refractivity contribution in [1.29, 1.82) is 0 Å². The number of carbonyl (C=O) groups is 4. The maximum Gasteiger partial charge on any atom is 0.319 e. The van der Waals surface area contributed by atoms with E-state index in [2.05, 4.69) is 9.98 Å². The summed E-state index contributed by atoms with van der Waals surface area (Å²) in [6, 6.07) is 5.95. The molecule has 1 aromatic carbocycles. The normalized spacial score (nSPS) is 17.2. The molecule has 2 aliphatic heterocycles. The fraction of sp³-hybridized carbons (Fsp3) is 0.500. The molecular weight excluding hydrogens is 436 g/mol. The van der Waals surface area contributed by atoms with Crippen LogP contribution >= 0.6 is 0 Å². The summed E-state index contributed by atoms with van der Waals surface area (Å²) in [5, 5.41) is 0. The summed E-state index contributed by atoms with van der Waals surface area (Å²) in [7, 11) is 0. The van der Waals surface area contributed by atoms with Crippen molar-refractivity contribution < 1.29 is 19.2 Å². The molecule has 0 bridgehead atoms. The molecule has 2 saturated heterocycles. The third-order valence-electron chi connectivity index (χ3n) is 5.48. The van der Waals surface area contributed by atoms with Gasteiger partial charge in [-0.15, -0.1) is 0 Å². The average Bonchev–Trinajstić information content (AvgIpc) is 3.13. The van der Waals surface area contributed by atoms with Gasteiger partial charge in [0.25, 0.3) is 0 Å². The highest BCUT2D eigenvalue weighted by atomic mass is 16.2. The zero-order valence-electron chi connectivity index (χ0n) is 20.9. The lowest BCUT2D eigenvalue weighted by atomic mass is 10.3. The van der Waals surface area contributed by atoms with Crippen molar-refractivity contribution in [2.75, 3.05) is 0 Å². The quantitative estimate of drug-likeness (QED) is 0.598. The Morgan fingerprint density at radius 2 is 0.676 bits per heavy atom. The highest BCUT2D eigenvalue weighted by Crippen LogP contribution is 2.26. The molecule has 10 heteroatoms. The molecule has 0 saturated carbocycles. The molecule has 0 spiro atoms. The summed E-state index contributed by atoms with van der Waals surface area (Å²) < 4.78 is 0. The van der Waals surface area contributed by atoms with Crippen LogP contribution in [-0.2, 0) is 19.2 Å². The molecule has 1 aromatic rings.